The molecule has 0 saturated carbocycles. The van der Waals surface area contributed by atoms with Crippen LogP contribution >= 0.6 is 0 Å². The molecule has 0 aliphatic rings. The normalized spacial score (nSPS) is 12.8. The molecule has 12 nitrogen and oxygen atoms in total. The number of anilines is 1. The number of nitrogens with zero attached hydrogens (tertiary/aromatic N) is 2. The van der Waals surface area contributed by atoms with E-state index in [-0.39, 0.29) is 6.42 Å². The summed E-state index contributed by atoms with van der Waals surface area (Å²) in [4.78, 5) is 51.1. The zero-order valence-electron chi connectivity index (χ0n) is 27.3. The van der Waals surface area contributed by atoms with Crippen molar-refractivity contribution in [1.82, 2.24) is 20.4 Å². The first-order valence-electron chi connectivity index (χ1n) is 15.2. The second-order valence-corrected chi connectivity index (χ2v) is 12.6. The molecular formula is C34H45N5O7. The zero-order chi connectivity index (χ0) is 33.9. The number of carbonyl (C=O) groups is 4. The Balaban J connectivity index is 1.67. The quantitative estimate of drug-likeness (QED) is 0.183. The Labute approximate surface area is 269 Å². The smallest absolute Gasteiger partial charge is 0.408 e. The lowest BCUT2D eigenvalue weighted by molar-refractivity contribution is -0.139. The van der Waals surface area contributed by atoms with Gasteiger partial charge in [-0.05, 0) is 83.6 Å². The van der Waals surface area contributed by atoms with E-state index in [4.69, 9.17) is 9.47 Å². The molecule has 0 spiro atoms. The molecule has 2 atom stereocenters. The van der Waals surface area contributed by atoms with Crippen molar-refractivity contribution < 1.29 is 33.8 Å². The van der Waals surface area contributed by atoms with Crippen LogP contribution in [0.4, 0.5) is 10.5 Å². The highest BCUT2D eigenvalue weighted by molar-refractivity contribution is 5.99. The van der Waals surface area contributed by atoms with E-state index in [9.17, 15) is 24.3 Å². The summed E-state index contributed by atoms with van der Waals surface area (Å²) in [5.41, 5.74) is 0.0402. The Bertz CT molecular complexity index is 1460. The number of hydrogen-bond acceptors (Lipinski definition) is 7. The molecule has 3 aromatic rings. The van der Waals surface area contributed by atoms with Gasteiger partial charge in [-0.1, -0.05) is 42.5 Å². The number of alkyl carbamates (subject to hydrolysis) is 1. The molecule has 248 valence electrons. The molecule has 1 unspecified atom stereocenters. The summed E-state index contributed by atoms with van der Waals surface area (Å²) < 4.78 is 12.0. The predicted molar refractivity (Wildman–Crippen MR) is 174 cm³/mol. The van der Waals surface area contributed by atoms with Crippen LogP contribution in [-0.4, -0.2) is 63.1 Å². The van der Waals surface area contributed by atoms with Gasteiger partial charge >= 0.3 is 12.1 Å². The molecule has 0 saturated heterocycles. The Kier molecular flexibility index (Phi) is 12.3. The Morgan fingerprint density at radius 3 is 2.24 bits per heavy atom. The third-order valence-electron chi connectivity index (χ3n) is 7.17. The van der Waals surface area contributed by atoms with Crippen molar-refractivity contribution in [2.24, 2.45) is 0 Å². The summed E-state index contributed by atoms with van der Waals surface area (Å²) in [6.45, 7) is 8.53. The molecular weight excluding hydrogens is 590 g/mol. The second-order valence-electron chi connectivity index (χ2n) is 12.6. The lowest BCUT2D eigenvalue weighted by Gasteiger charge is -2.29. The first-order valence-corrected chi connectivity index (χ1v) is 15.2. The summed E-state index contributed by atoms with van der Waals surface area (Å²) in [5, 5.41) is 22.3. The number of aliphatic carboxylic acids is 1. The molecule has 0 aliphatic carbocycles. The average molecular weight is 636 g/mol. The molecule has 46 heavy (non-hydrogen) atoms. The number of benzene rings is 2. The number of nitrogens with one attached hydrogen (secondary N) is 3. The first-order chi connectivity index (χ1) is 21.7. The highest BCUT2D eigenvalue weighted by Gasteiger charge is 2.34. The molecule has 3 rings (SSSR count). The van der Waals surface area contributed by atoms with E-state index >= 15 is 0 Å². The molecule has 12 heteroatoms. The van der Waals surface area contributed by atoms with Crippen molar-refractivity contribution in [2.75, 3.05) is 12.4 Å². The van der Waals surface area contributed by atoms with Gasteiger partial charge in [-0.15, -0.1) is 0 Å². The number of carbonyl (C=O) groups excluding carboxylic acids is 3. The van der Waals surface area contributed by atoms with Crippen molar-refractivity contribution in [3.63, 3.8) is 0 Å². The molecule has 1 aromatic heterocycles. The summed E-state index contributed by atoms with van der Waals surface area (Å²) >= 11 is 0. The number of ether oxygens (including phenoxy) is 2. The average Bonchev–Trinajstić information content (AvgIpc) is 3.43. The Hall–Kier alpha value is -4.87. The summed E-state index contributed by atoms with van der Waals surface area (Å²) in [7, 11) is 1.55. The van der Waals surface area contributed by atoms with Crippen molar-refractivity contribution in [2.45, 2.75) is 89.9 Å². The SMILES string of the molecule is COc1ccc(C(CCn2cc(NC(=O)[C@@H](CCCc3ccccc3)NC(=O)C(C)(C)NC(=O)OC(C)(C)C)cn2)C(=O)O)cc1. The van der Waals surface area contributed by atoms with Crippen LogP contribution < -0.4 is 20.7 Å². The monoisotopic (exact) mass is 635 g/mol. The highest BCUT2D eigenvalue weighted by Crippen LogP contribution is 2.24. The van der Waals surface area contributed by atoms with Gasteiger partial charge in [0.2, 0.25) is 11.8 Å². The highest BCUT2D eigenvalue weighted by atomic mass is 16.6. The predicted octanol–water partition coefficient (Wildman–Crippen LogP) is 4.90. The number of methoxy groups -OCH3 is 1. The topological polar surface area (TPSA) is 161 Å². The number of amides is 3. The van der Waals surface area contributed by atoms with Crippen LogP contribution in [0.15, 0.2) is 67.0 Å². The number of hydrogen-bond donors (Lipinski definition) is 4. The van der Waals surface area contributed by atoms with E-state index in [0.717, 1.165) is 5.56 Å². The third-order valence-corrected chi connectivity index (χ3v) is 7.17. The minimum absolute atomic E-state index is 0.272. The van der Waals surface area contributed by atoms with Gasteiger partial charge < -0.3 is 30.5 Å². The largest absolute Gasteiger partial charge is 0.497 e. The standard InChI is InChI=1S/C34H45N5O7/c1-33(2,3)46-32(44)38-34(4,5)31(43)37-28(14-10-13-23-11-8-7-9-12-23)29(40)36-25-21-35-39(22-25)20-19-27(30(41)42)24-15-17-26(45-6)18-16-24/h7-9,11-12,15-18,21-22,27-28H,10,13-14,19-20H2,1-6H3,(H,36,40)(H,37,43)(H,38,44)(H,41,42)/t27?,28-/m1/s1. The summed E-state index contributed by atoms with van der Waals surface area (Å²) in [6, 6.07) is 15.8. The maximum Gasteiger partial charge on any atom is 0.408 e. The number of aryl methyl sites for hydroxylation is 2. The fourth-order valence-corrected chi connectivity index (χ4v) is 4.69. The molecule has 2 aromatic carbocycles. The number of rotatable bonds is 15. The third kappa shape index (κ3) is 11.2. The number of carboxylic acids is 1. The maximum atomic E-state index is 13.5. The van der Waals surface area contributed by atoms with Crippen LogP contribution in [-0.2, 0) is 32.1 Å². The van der Waals surface area contributed by atoms with E-state index in [0.29, 0.717) is 42.8 Å². The Morgan fingerprint density at radius 1 is 0.957 bits per heavy atom. The lowest BCUT2D eigenvalue weighted by Crippen LogP contribution is -2.58. The van der Waals surface area contributed by atoms with Gasteiger partial charge in [-0.2, -0.15) is 5.10 Å². The first kappa shape index (κ1) is 35.6. The van der Waals surface area contributed by atoms with Gasteiger partial charge in [0.25, 0.3) is 0 Å². The number of carboxylic acid groups (broad SMARTS) is 1. The minimum Gasteiger partial charge on any atom is -0.497 e. The van der Waals surface area contributed by atoms with Crippen molar-refractivity contribution in [3.8, 4) is 5.75 Å². The molecule has 0 bridgehead atoms. The van der Waals surface area contributed by atoms with Crippen molar-refractivity contribution >= 4 is 29.6 Å². The van der Waals surface area contributed by atoms with Crippen LogP contribution in [0, 0.1) is 0 Å². The van der Waals surface area contributed by atoms with Crippen molar-refractivity contribution in [3.05, 3.63) is 78.1 Å². The van der Waals surface area contributed by atoms with Gasteiger partial charge in [0.15, 0.2) is 0 Å². The van der Waals surface area contributed by atoms with Gasteiger partial charge in [0.1, 0.15) is 22.9 Å². The number of aromatic nitrogens is 2. The fraction of sp³-hybridized carbons (Fsp3) is 0.441. The molecule has 1 heterocycles. The van der Waals surface area contributed by atoms with Gasteiger partial charge in [0.05, 0.1) is 24.9 Å². The van der Waals surface area contributed by atoms with E-state index < -0.39 is 47.0 Å². The molecule has 4 N–H and O–H groups in total. The van der Waals surface area contributed by atoms with Gasteiger partial charge in [0, 0.05) is 12.7 Å². The lowest BCUT2D eigenvalue weighted by atomic mass is 9.96. The van der Waals surface area contributed by atoms with Crippen LogP contribution in [0.25, 0.3) is 0 Å². The minimum atomic E-state index is -1.37. The molecule has 0 aliphatic heterocycles. The van der Waals surface area contributed by atoms with Crippen molar-refractivity contribution in [1.29, 1.82) is 0 Å². The zero-order valence-corrected chi connectivity index (χ0v) is 27.3. The second kappa shape index (κ2) is 15.9. The van der Waals surface area contributed by atoms with E-state index in [1.165, 1.54) is 20.0 Å². The maximum absolute atomic E-state index is 13.5. The fourth-order valence-electron chi connectivity index (χ4n) is 4.69. The van der Waals surface area contributed by atoms with Crippen LogP contribution in [0.5, 0.6) is 5.75 Å². The molecule has 3 amide bonds. The van der Waals surface area contributed by atoms with Crippen LogP contribution in [0.3, 0.4) is 0 Å². The summed E-state index contributed by atoms with van der Waals surface area (Å²) in [5.74, 6) is -2.07. The Morgan fingerprint density at radius 2 is 1.63 bits per heavy atom. The molecule has 0 fully saturated rings. The van der Waals surface area contributed by atoms with E-state index in [1.807, 2.05) is 30.3 Å². The van der Waals surface area contributed by atoms with E-state index in [1.54, 1.807) is 63.0 Å². The van der Waals surface area contributed by atoms with Gasteiger partial charge in [-0.25, -0.2) is 4.79 Å². The summed E-state index contributed by atoms with van der Waals surface area (Å²) in [6.07, 6.45) is 4.27. The molecule has 0 radical (unpaired) electrons. The van der Waals surface area contributed by atoms with E-state index in [2.05, 4.69) is 21.0 Å². The van der Waals surface area contributed by atoms with Gasteiger partial charge in [-0.3, -0.25) is 19.1 Å². The van der Waals surface area contributed by atoms with Crippen LogP contribution in [0.2, 0.25) is 0 Å². The van der Waals surface area contributed by atoms with Crippen LogP contribution in [0.1, 0.15) is 70.9 Å².